The maximum absolute atomic E-state index is 13.4. The molecule has 1 aliphatic heterocycles. The summed E-state index contributed by atoms with van der Waals surface area (Å²) in [5.74, 6) is 0.736. The van der Waals surface area contributed by atoms with Crippen LogP contribution < -0.4 is 15.0 Å². The number of carbonyl (C=O) groups excluding carboxylic acids is 1. The standard InChI is InChI=1S/C26H30N4O2/c1-17-7-8-18(30-15-19(16-30)29(2)3)14-21(17)25(31)28-26(11-12-26)22-9-10-23(32-4)24-20(22)6-5-13-27-24/h5-10,13-14,19H,11-12,15-16H2,1-4H3,(H,28,31). The van der Waals surface area contributed by atoms with Crippen LogP contribution in [0.4, 0.5) is 5.69 Å². The van der Waals surface area contributed by atoms with Crippen LogP contribution in [0.2, 0.25) is 0 Å². The molecule has 32 heavy (non-hydrogen) atoms. The Balaban J connectivity index is 1.41. The number of aryl methyl sites for hydroxylation is 1. The molecule has 1 amide bonds. The summed E-state index contributed by atoms with van der Waals surface area (Å²) in [4.78, 5) is 22.5. The number of hydrogen-bond acceptors (Lipinski definition) is 5. The first-order valence-corrected chi connectivity index (χ1v) is 11.2. The lowest BCUT2D eigenvalue weighted by Gasteiger charge is -2.44. The summed E-state index contributed by atoms with van der Waals surface area (Å²) < 4.78 is 5.50. The van der Waals surface area contributed by atoms with E-state index in [1.54, 1.807) is 13.3 Å². The minimum atomic E-state index is -0.347. The quantitative estimate of drug-likeness (QED) is 0.646. The van der Waals surface area contributed by atoms with Crippen molar-refractivity contribution >= 4 is 22.5 Å². The van der Waals surface area contributed by atoms with Gasteiger partial charge in [-0.25, -0.2) is 0 Å². The first-order valence-electron chi connectivity index (χ1n) is 11.2. The van der Waals surface area contributed by atoms with Crippen molar-refractivity contribution in [3.8, 4) is 5.75 Å². The van der Waals surface area contributed by atoms with Gasteiger partial charge in [0, 0.05) is 42.0 Å². The lowest BCUT2D eigenvalue weighted by atomic mass is 9.97. The van der Waals surface area contributed by atoms with Crippen molar-refractivity contribution in [3.05, 3.63) is 65.4 Å². The molecule has 0 bridgehead atoms. The molecule has 2 fully saturated rings. The van der Waals surface area contributed by atoms with Crippen LogP contribution in [-0.2, 0) is 5.54 Å². The normalized spacial score (nSPS) is 17.3. The van der Waals surface area contributed by atoms with Crippen LogP contribution in [0.3, 0.4) is 0 Å². The van der Waals surface area contributed by atoms with E-state index in [0.29, 0.717) is 6.04 Å². The average molecular weight is 431 g/mol. The minimum Gasteiger partial charge on any atom is -0.494 e. The predicted molar refractivity (Wildman–Crippen MR) is 128 cm³/mol. The Morgan fingerprint density at radius 1 is 1.19 bits per heavy atom. The first kappa shape index (κ1) is 20.8. The number of ether oxygens (including phenoxy) is 1. The Morgan fingerprint density at radius 2 is 1.97 bits per heavy atom. The van der Waals surface area contributed by atoms with Crippen LogP contribution in [0.15, 0.2) is 48.7 Å². The molecule has 2 aromatic carbocycles. The summed E-state index contributed by atoms with van der Waals surface area (Å²) >= 11 is 0. The van der Waals surface area contributed by atoms with Crippen LogP contribution in [0.5, 0.6) is 5.75 Å². The predicted octanol–water partition coefficient (Wildman–Crippen LogP) is 3.72. The third-order valence-corrected chi connectivity index (χ3v) is 6.99. The third-order valence-electron chi connectivity index (χ3n) is 6.99. The van der Waals surface area contributed by atoms with Crippen molar-refractivity contribution in [2.75, 3.05) is 39.2 Å². The molecule has 6 heteroatoms. The molecule has 2 heterocycles. The Bertz CT molecular complexity index is 1180. The van der Waals surface area contributed by atoms with Crippen LogP contribution >= 0.6 is 0 Å². The lowest BCUT2D eigenvalue weighted by Crippen LogP contribution is -2.57. The molecule has 2 aliphatic rings. The van der Waals surface area contributed by atoms with E-state index in [4.69, 9.17) is 4.74 Å². The number of methoxy groups -OCH3 is 1. The summed E-state index contributed by atoms with van der Waals surface area (Å²) in [7, 11) is 5.89. The van der Waals surface area contributed by atoms with Gasteiger partial charge in [0.15, 0.2) is 0 Å². The van der Waals surface area contributed by atoms with Crippen LogP contribution in [-0.4, -0.2) is 56.1 Å². The van der Waals surface area contributed by atoms with E-state index in [0.717, 1.165) is 65.0 Å². The summed E-state index contributed by atoms with van der Waals surface area (Å²) in [5, 5.41) is 4.40. The van der Waals surface area contributed by atoms with E-state index in [1.165, 1.54) is 0 Å². The van der Waals surface area contributed by atoms with Crippen molar-refractivity contribution in [1.82, 2.24) is 15.2 Å². The SMILES string of the molecule is COc1ccc(C2(NC(=O)c3cc(N4CC(N(C)C)C4)ccc3C)CC2)c2cccnc12. The molecule has 0 spiro atoms. The van der Waals surface area contributed by atoms with Gasteiger partial charge in [-0.3, -0.25) is 9.78 Å². The van der Waals surface area contributed by atoms with Gasteiger partial charge in [-0.1, -0.05) is 18.2 Å². The van der Waals surface area contributed by atoms with Gasteiger partial charge in [0.25, 0.3) is 5.91 Å². The molecular formula is C26H30N4O2. The third kappa shape index (κ3) is 3.48. The summed E-state index contributed by atoms with van der Waals surface area (Å²) in [6.45, 7) is 3.99. The fourth-order valence-electron chi connectivity index (χ4n) is 4.64. The maximum atomic E-state index is 13.4. The number of rotatable bonds is 6. The number of carbonyl (C=O) groups is 1. The first-order chi connectivity index (χ1) is 15.4. The van der Waals surface area contributed by atoms with E-state index < -0.39 is 0 Å². The van der Waals surface area contributed by atoms with Gasteiger partial charge in [0.05, 0.1) is 12.6 Å². The van der Waals surface area contributed by atoms with E-state index in [1.807, 2.05) is 25.1 Å². The zero-order valence-corrected chi connectivity index (χ0v) is 19.2. The molecule has 1 aromatic heterocycles. The highest BCUT2D eigenvalue weighted by Crippen LogP contribution is 2.49. The Labute approximate surface area is 189 Å². The second kappa shape index (κ2) is 7.78. The van der Waals surface area contributed by atoms with Gasteiger partial charge in [0.2, 0.25) is 0 Å². The van der Waals surface area contributed by atoms with E-state index in [9.17, 15) is 4.79 Å². The summed E-state index contributed by atoms with van der Waals surface area (Å²) in [6.07, 6.45) is 3.62. The number of aromatic nitrogens is 1. The number of likely N-dealkylation sites (N-methyl/N-ethyl adjacent to an activating group) is 1. The molecule has 1 N–H and O–H groups in total. The zero-order valence-electron chi connectivity index (χ0n) is 19.2. The molecular weight excluding hydrogens is 400 g/mol. The minimum absolute atomic E-state index is 0.0145. The molecule has 0 atom stereocenters. The summed E-state index contributed by atoms with van der Waals surface area (Å²) in [5.41, 5.74) is 4.45. The van der Waals surface area contributed by atoms with Crippen LogP contribution in [0, 0.1) is 6.92 Å². The largest absolute Gasteiger partial charge is 0.494 e. The van der Waals surface area contributed by atoms with Crippen molar-refractivity contribution in [2.24, 2.45) is 0 Å². The Morgan fingerprint density at radius 3 is 2.66 bits per heavy atom. The molecule has 0 unspecified atom stereocenters. The number of nitrogens with one attached hydrogen (secondary N) is 1. The maximum Gasteiger partial charge on any atom is 0.252 e. The molecule has 3 aromatic rings. The van der Waals surface area contributed by atoms with Gasteiger partial charge < -0.3 is 19.9 Å². The Hall–Kier alpha value is -3.12. The number of hydrogen-bond donors (Lipinski definition) is 1. The molecule has 1 saturated heterocycles. The number of anilines is 1. The van der Waals surface area contributed by atoms with Crippen LogP contribution in [0.1, 0.15) is 34.3 Å². The molecule has 166 valence electrons. The van der Waals surface area contributed by atoms with E-state index in [2.05, 4.69) is 58.5 Å². The van der Waals surface area contributed by atoms with Gasteiger partial charge in [-0.15, -0.1) is 0 Å². The summed E-state index contributed by atoms with van der Waals surface area (Å²) in [6, 6.07) is 14.8. The number of fused-ring (bicyclic) bond motifs is 1. The Kier molecular flexibility index (Phi) is 5.05. The molecule has 1 saturated carbocycles. The molecule has 1 aliphatic carbocycles. The van der Waals surface area contributed by atoms with Gasteiger partial charge in [0.1, 0.15) is 11.3 Å². The number of pyridine rings is 1. The van der Waals surface area contributed by atoms with Crippen molar-refractivity contribution in [1.29, 1.82) is 0 Å². The lowest BCUT2D eigenvalue weighted by molar-refractivity contribution is 0.0930. The smallest absolute Gasteiger partial charge is 0.252 e. The van der Waals surface area contributed by atoms with Gasteiger partial charge in [-0.05, 0) is 69.3 Å². The van der Waals surface area contributed by atoms with Crippen molar-refractivity contribution < 1.29 is 9.53 Å². The van der Waals surface area contributed by atoms with Crippen molar-refractivity contribution in [3.63, 3.8) is 0 Å². The second-order valence-corrected chi connectivity index (χ2v) is 9.27. The second-order valence-electron chi connectivity index (χ2n) is 9.27. The molecule has 0 radical (unpaired) electrons. The highest BCUT2D eigenvalue weighted by atomic mass is 16.5. The number of benzene rings is 2. The number of nitrogens with zero attached hydrogens (tertiary/aromatic N) is 3. The fourth-order valence-corrected chi connectivity index (χ4v) is 4.64. The highest BCUT2D eigenvalue weighted by molar-refractivity contribution is 5.98. The van der Waals surface area contributed by atoms with Gasteiger partial charge >= 0.3 is 0 Å². The van der Waals surface area contributed by atoms with E-state index in [-0.39, 0.29) is 11.4 Å². The molecule has 6 nitrogen and oxygen atoms in total. The average Bonchev–Trinajstić information content (AvgIpc) is 3.52. The van der Waals surface area contributed by atoms with Crippen LogP contribution in [0.25, 0.3) is 10.9 Å². The topological polar surface area (TPSA) is 57.7 Å². The molecule has 5 rings (SSSR count). The van der Waals surface area contributed by atoms with E-state index >= 15 is 0 Å². The van der Waals surface area contributed by atoms with Gasteiger partial charge in [-0.2, -0.15) is 0 Å². The zero-order chi connectivity index (χ0) is 22.5. The fraction of sp³-hybridized carbons (Fsp3) is 0.385. The monoisotopic (exact) mass is 430 g/mol. The number of amides is 1. The van der Waals surface area contributed by atoms with Crippen molar-refractivity contribution in [2.45, 2.75) is 31.3 Å². The highest BCUT2D eigenvalue weighted by Gasteiger charge is 2.47.